The Kier molecular flexibility index (Phi) is 3.44. The number of carbonyl (C=O) groups is 2. The van der Waals surface area contributed by atoms with E-state index < -0.39 is 5.97 Å². The van der Waals surface area contributed by atoms with Gasteiger partial charge in [-0.1, -0.05) is 6.92 Å². The fraction of sp³-hybridized carbons (Fsp3) is 0.273. The molecule has 1 rings (SSSR count). The summed E-state index contributed by atoms with van der Waals surface area (Å²) in [5, 5.41) is 11.4. The lowest BCUT2D eigenvalue weighted by Gasteiger charge is -2.07. The van der Waals surface area contributed by atoms with E-state index in [1.54, 1.807) is 19.9 Å². The van der Waals surface area contributed by atoms with Gasteiger partial charge >= 0.3 is 5.97 Å². The van der Waals surface area contributed by atoms with Gasteiger partial charge in [-0.05, 0) is 30.7 Å². The number of anilines is 1. The molecule has 2 N–H and O–H groups in total. The van der Waals surface area contributed by atoms with Crippen LogP contribution in [0.5, 0.6) is 0 Å². The Hall–Kier alpha value is -1.84. The zero-order valence-corrected chi connectivity index (χ0v) is 8.70. The van der Waals surface area contributed by atoms with E-state index in [1.165, 1.54) is 12.1 Å². The van der Waals surface area contributed by atoms with Crippen molar-refractivity contribution in [2.45, 2.75) is 20.3 Å². The largest absolute Gasteiger partial charge is 0.478 e. The monoisotopic (exact) mass is 207 g/mol. The van der Waals surface area contributed by atoms with E-state index in [9.17, 15) is 9.59 Å². The zero-order valence-electron chi connectivity index (χ0n) is 8.70. The van der Waals surface area contributed by atoms with Gasteiger partial charge in [-0.25, -0.2) is 4.79 Å². The minimum absolute atomic E-state index is 0.0822. The number of rotatable bonds is 3. The van der Waals surface area contributed by atoms with E-state index in [2.05, 4.69) is 5.32 Å². The molecule has 0 saturated heterocycles. The van der Waals surface area contributed by atoms with Crippen molar-refractivity contribution in [3.05, 3.63) is 29.3 Å². The van der Waals surface area contributed by atoms with Crippen LogP contribution in [0.3, 0.4) is 0 Å². The molecule has 1 aromatic carbocycles. The molecule has 0 bridgehead atoms. The highest BCUT2D eigenvalue weighted by atomic mass is 16.4. The molecule has 0 radical (unpaired) electrons. The minimum Gasteiger partial charge on any atom is -0.478 e. The van der Waals surface area contributed by atoms with E-state index in [1.807, 2.05) is 0 Å². The first-order valence-electron chi connectivity index (χ1n) is 4.68. The predicted octanol–water partition coefficient (Wildman–Crippen LogP) is 2.04. The van der Waals surface area contributed by atoms with E-state index >= 15 is 0 Å². The van der Waals surface area contributed by atoms with Gasteiger partial charge in [-0.3, -0.25) is 4.79 Å². The topological polar surface area (TPSA) is 66.4 Å². The van der Waals surface area contributed by atoms with Gasteiger partial charge in [0.25, 0.3) is 0 Å². The summed E-state index contributed by atoms with van der Waals surface area (Å²) in [5.74, 6) is -1.05. The first-order valence-corrected chi connectivity index (χ1v) is 4.68. The SMILES string of the molecule is CCC(=O)Nc1ccc(C(=O)O)cc1C. The molecule has 15 heavy (non-hydrogen) atoms. The summed E-state index contributed by atoms with van der Waals surface area (Å²) in [6.07, 6.45) is 0.403. The first-order chi connectivity index (χ1) is 7.04. The molecule has 0 aromatic heterocycles. The van der Waals surface area contributed by atoms with Crippen LogP contribution in [0.15, 0.2) is 18.2 Å². The molecule has 0 heterocycles. The standard InChI is InChI=1S/C11H13NO3/c1-3-10(13)12-9-5-4-8(11(14)15)6-7(9)2/h4-6H,3H2,1-2H3,(H,12,13)(H,14,15). The predicted molar refractivity (Wildman–Crippen MR) is 57.1 cm³/mol. The Morgan fingerprint density at radius 2 is 2.07 bits per heavy atom. The van der Waals surface area contributed by atoms with Crippen LogP contribution in [-0.4, -0.2) is 17.0 Å². The summed E-state index contributed by atoms with van der Waals surface area (Å²) in [7, 11) is 0. The smallest absolute Gasteiger partial charge is 0.335 e. The van der Waals surface area contributed by atoms with Crippen LogP contribution in [-0.2, 0) is 4.79 Å². The maximum Gasteiger partial charge on any atom is 0.335 e. The van der Waals surface area contributed by atoms with Crippen molar-refractivity contribution in [1.82, 2.24) is 0 Å². The number of benzene rings is 1. The second-order valence-corrected chi connectivity index (χ2v) is 3.24. The Morgan fingerprint density at radius 3 is 2.53 bits per heavy atom. The average molecular weight is 207 g/mol. The lowest BCUT2D eigenvalue weighted by molar-refractivity contribution is -0.115. The number of aryl methyl sites for hydroxylation is 1. The van der Waals surface area contributed by atoms with Crippen molar-refractivity contribution < 1.29 is 14.7 Å². The van der Waals surface area contributed by atoms with Crippen molar-refractivity contribution in [1.29, 1.82) is 0 Å². The number of amides is 1. The quantitative estimate of drug-likeness (QED) is 0.797. The number of carbonyl (C=O) groups excluding carboxylic acids is 1. The van der Waals surface area contributed by atoms with Gasteiger partial charge in [-0.2, -0.15) is 0 Å². The summed E-state index contributed by atoms with van der Waals surface area (Å²) >= 11 is 0. The van der Waals surface area contributed by atoms with E-state index in [0.717, 1.165) is 5.56 Å². The Bertz CT molecular complexity index is 399. The maximum absolute atomic E-state index is 11.1. The molecule has 80 valence electrons. The highest BCUT2D eigenvalue weighted by Crippen LogP contribution is 2.16. The van der Waals surface area contributed by atoms with Gasteiger partial charge in [0, 0.05) is 12.1 Å². The summed E-state index contributed by atoms with van der Waals surface area (Å²) in [4.78, 5) is 21.8. The molecule has 0 fully saturated rings. The van der Waals surface area contributed by atoms with Crippen molar-refractivity contribution in [2.75, 3.05) is 5.32 Å². The molecule has 0 aliphatic carbocycles. The van der Waals surface area contributed by atoms with Crippen LogP contribution in [0.1, 0.15) is 29.3 Å². The third kappa shape index (κ3) is 2.80. The Balaban J connectivity index is 2.93. The van der Waals surface area contributed by atoms with Gasteiger partial charge in [0.1, 0.15) is 0 Å². The first kappa shape index (κ1) is 11.2. The van der Waals surface area contributed by atoms with Crippen molar-refractivity contribution >= 4 is 17.6 Å². The summed E-state index contributed by atoms with van der Waals surface area (Å²) in [5.41, 5.74) is 1.63. The average Bonchev–Trinajstić information content (AvgIpc) is 2.20. The van der Waals surface area contributed by atoms with Crippen LogP contribution >= 0.6 is 0 Å². The van der Waals surface area contributed by atoms with Crippen LogP contribution in [0, 0.1) is 6.92 Å². The molecular formula is C11H13NO3. The van der Waals surface area contributed by atoms with Crippen LogP contribution in [0.2, 0.25) is 0 Å². The maximum atomic E-state index is 11.1. The van der Waals surface area contributed by atoms with Crippen LogP contribution < -0.4 is 5.32 Å². The number of nitrogens with one attached hydrogen (secondary N) is 1. The lowest BCUT2D eigenvalue weighted by atomic mass is 10.1. The molecule has 0 aliphatic heterocycles. The molecule has 4 nitrogen and oxygen atoms in total. The third-order valence-corrected chi connectivity index (χ3v) is 2.07. The fourth-order valence-electron chi connectivity index (χ4n) is 1.18. The van der Waals surface area contributed by atoms with Crippen molar-refractivity contribution in [3.8, 4) is 0 Å². The van der Waals surface area contributed by atoms with Gasteiger partial charge in [0.05, 0.1) is 5.56 Å². The van der Waals surface area contributed by atoms with Gasteiger partial charge in [-0.15, -0.1) is 0 Å². The van der Waals surface area contributed by atoms with Crippen LogP contribution in [0.4, 0.5) is 5.69 Å². The van der Waals surface area contributed by atoms with Gasteiger partial charge < -0.3 is 10.4 Å². The highest BCUT2D eigenvalue weighted by Gasteiger charge is 2.06. The molecule has 4 heteroatoms. The van der Waals surface area contributed by atoms with Crippen LogP contribution in [0.25, 0.3) is 0 Å². The summed E-state index contributed by atoms with van der Waals surface area (Å²) in [6.45, 7) is 3.52. The molecule has 0 atom stereocenters. The molecule has 0 unspecified atom stereocenters. The second kappa shape index (κ2) is 4.59. The Morgan fingerprint density at radius 1 is 1.40 bits per heavy atom. The van der Waals surface area contributed by atoms with E-state index in [4.69, 9.17) is 5.11 Å². The zero-order chi connectivity index (χ0) is 11.4. The molecule has 1 amide bonds. The number of carboxylic acid groups (broad SMARTS) is 1. The number of aromatic carboxylic acids is 1. The number of hydrogen-bond donors (Lipinski definition) is 2. The highest BCUT2D eigenvalue weighted by molar-refractivity contribution is 5.93. The fourth-order valence-corrected chi connectivity index (χ4v) is 1.18. The van der Waals surface area contributed by atoms with Crippen molar-refractivity contribution in [3.63, 3.8) is 0 Å². The van der Waals surface area contributed by atoms with Gasteiger partial charge in [0.2, 0.25) is 5.91 Å². The number of hydrogen-bond acceptors (Lipinski definition) is 2. The van der Waals surface area contributed by atoms with Gasteiger partial charge in [0.15, 0.2) is 0 Å². The minimum atomic E-state index is -0.966. The molecule has 0 aliphatic rings. The summed E-state index contributed by atoms with van der Waals surface area (Å²) in [6, 6.07) is 4.61. The molecule has 0 saturated carbocycles. The normalized spacial score (nSPS) is 9.73. The molecule has 0 spiro atoms. The van der Waals surface area contributed by atoms with Crippen molar-refractivity contribution in [2.24, 2.45) is 0 Å². The van der Waals surface area contributed by atoms with E-state index in [-0.39, 0.29) is 11.5 Å². The Labute approximate surface area is 87.9 Å². The lowest BCUT2D eigenvalue weighted by Crippen LogP contribution is -2.11. The third-order valence-electron chi connectivity index (χ3n) is 2.07. The van der Waals surface area contributed by atoms with E-state index in [0.29, 0.717) is 12.1 Å². The molecular weight excluding hydrogens is 194 g/mol. The molecule has 1 aromatic rings. The second-order valence-electron chi connectivity index (χ2n) is 3.24. The summed E-state index contributed by atoms with van der Waals surface area (Å²) < 4.78 is 0. The number of carboxylic acids is 1.